The van der Waals surface area contributed by atoms with Crippen LogP contribution in [0.4, 0.5) is 5.69 Å². The number of likely N-dealkylation sites (N-methyl/N-ethyl adjacent to an activating group) is 1. The molecule has 0 saturated carbocycles. The Hall–Kier alpha value is -1.31. The number of nitrogens with zero attached hydrogens (tertiary/aromatic N) is 2. The van der Waals surface area contributed by atoms with E-state index in [-0.39, 0.29) is 5.91 Å². The normalized spacial score (nSPS) is 16.2. The van der Waals surface area contributed by atoms with E-state index < -0.39 is 0 Å². The van der Waals surface area contributed by atoms with Crippen LogP contribution in [-0.2, 0) is 4.79 Å². The molecule has 1 amide bonds. The van der Waals surface area contributed by atoms with Crippen LogP contribution in [0.3, 0.4) is 0 Å². The molecule has 1 fully saturated rings. The molecule has 2 aromatic rings. The predicted octanol–water partition coefficient (Wildman–Crippen LogP) is 1.40. The number of nitrogen functional groups attached to an aromatic ring is 1. The summed E-state index contributed by atoms with van der Waals surface area (Å²) >= 11 is 3.05. The minimum atomic E-state index is 0.0758. The van der Waals surface area contributed by atoms with Crippen LogP contribution >= 0.6 is 23.1 Å². The lowest BCUT2D eigenvalue weighted by Crippen LogP contribution is -2.57. The highest BCUT2D eigenvalue weighted by Gasteiger charge is 2.24. The average molecular weight is 308 g/mol. The topological polar surface area (TPSA) is 71.2 Å². The smallest absolute Gasteiger partial charge is 0.230 e. The fourth-order valence-corrected chi connectivity index (χ4v) is 4.10. The van der Waals surface area contributed by atoms with Crippen LogP contribution in [0.1, 0.15) is 0 Å². The predicted molar refractivity (Wildman–Crippen MR) is 84.2 cm³/mol. The third-order valence-electron chi connectivity index (χ3n) is 3.15. The number of likely N-dealkylation sites (tertiary alicyclic amines) is 1. The monoisotopic (exact) mass is 308 g/mol. The number of rotatable bonds is 4. The number of thioether (sulfide) groups is 1. The number of hydrogen-bond acceptors (Lipinski definition) is 6. The molecule has 0 bridgehead atoms. The number of carbonyl (C=O) groups is 1. The Labute approximate surface area is 125 Å². The van der Waals surface area contributed by atoms with Gasteiger partial charge < -0.3 is 16.0 Å². The maximum Gasteiger partial charge on any atom is 0.230 e. The van der Waals surface area contributed by atoms with Crippen molar-refractivity contribution < 1.29 is 4.79 Å². The minimum Gasteiger partial charge on any atom is -0.399 e. The number of amides is 1. The molecule has 7 heteroatoms. The van der Waals surface area contributed by atoms with Crippen LogP contribution in [0.15, 0.2) is 22.5 Å². The molecular weight excluding hydrogens is 292 g/mol. The number of hydrogen-bond donors (Lipinski definition) is 2. The third-order valence-corrected chi connectivity index (χ3v) is 5.31. The molecule has 0 radical (unpaired) electrons. The van der Waals surface area contributed by atoms with Gasteiger partial charge in [-0.1, -0.05) is 11.8 Å². The molecule has 0 atom stereocenters. The van der Waals surface area contributed by atoms with E-state index in [4.69, 9.17) is 5.73 Å². The summed E-state index contributed by atoms with van der Waals surface area (Å²) in [6, 6.07) is 5.98. The first-order valence-electron chi connectivity index (χ1n) is 6.37. The second-order valence-corrected chi connectivity index (χ2v) is 7.23. The molecule has 2 heterocycles. The molecule has 0 unspecified atom stereocenters. The van der Waals surface area contributed by atoms with Crippen molar-refractivity contribution in [3.63, 3.8) is 0 Å². The number of thiazole rings is 1. The zero-order chi connectivity index (χ0) is 14.1. The Balaban J connectivity index is 1.55. The van der Waals surface area contributed by atoms with Crippen molar-refractivity contribution in [3.8, 4) is 0 Å². The van der Waals surface area contributed by atoms with E-state index in [9.17, 15) is 4.79 Å². The van der Waals surface area contributed by atoms with E-state index in [1.807, 2.05) is 25.2 Å². The summed E-state index contributed by atoms with van der Waals surface area (Å²) < 4.78 is 1.97. The highest BCUT2D eigenvalue weighted by molar-refractivity contribution is 8.01. The lowest BCUT2D eigenvalue weighted by atomic mass is 10.1. The number of nitrogens with one attached hydrogen (secondary N) is 1. The van der Waals surface area contributed by atoms with Gasteiger partial charge in [0.2, 0.25) is 5.91 Å². The van der Waals surface area contributed by atoms with Gasteiger partial charge in [0.05, 0.1) is 22.0 Å². The Bertz CT molecular complexity index is 636. The van der Waals surface area contributed by atoms with Crippen molar-refractivity contribution in [1.29, 1.82) is 0 Å². The Morgan fingerprint density at radius 1 is 1.60 bits per heavy atom. The standard InChI is InChI=1S/C13H16N4OS2/c1-17-5-9(6-17)15-12(18)7-19-13-16-10-3-2-8(14)4-11(10)20-13/h2-4,9H,5-7,14H2,1H3,(H,15,18). The molecule has 1 aliphatic rings. The van der Waals surface area contributed by atoms with Crippen molar-refractivity contribution in [1.82, 2.24) is 15.2 Å². The Kier molecular flexibility index (Phi) is 3.82. The van der Waals surface area contributed by atoms with Gasteiger partial charge in [-0.3, -0.25) is 4.79 Å². The quantitative estimate of drug-likeness (QED) is 0.660. The molecule has 106 valence electrons. The molecule has 5 nitrogen and oxygen atoms in total. The van der Waals surface area contributed by atoms with Crippen LogP contribution in [0.25, 0.3) is 10.2 Å². The van der Waals surface area contributed by atoms with Gasteiger partial charge in [0.25, 0.3) is 0 Å². The van der Waals surface area contributed by atoms with Crippen LogP contribution in [0.5, 0.6) is 0 Å². The van der Waals surface area contributed by atoms with Crippen LogP contribution in [0, 0.1) is 0 Å². The lowest BCUT2D eigenvalue weighted by molar-refractivity contribution is -0.120. The molecule has 3 rings (SSSR count). The zero-order valence-electron chi connectivity index (χ0n) is 11.1. The first kappa shape index (κ1) is 13.7. The highest BCUT2D eigenvalue weighted by Crippen LogP contribution is 2.30. The molecule has 1 saturated heterocycles. The number of nitrogens with two attached hydrogens (primary N) is 1. The molecule has 1 aromatic heterocycles. The van der Waals surface area contributed by atoms with Gasteiger partial charge in [-0.05, 0) is 25.2 Å². The average Bonchev–Trinajstić information content (AvgIpc) is 2.76. The molecule has 0 aliphatic carbocycles. The minimum absolute atomic E-state index is 0.0758. The van der Waals surface area contributed by atoms with Gasteiger partial charge in [0.1, 0.15) is 0 Å². The molecule has 20 heavy (non-hydrogen) atoms. The summed E-state index contributed by atoms with van der Waals surface area (Å²) in [5, 5.41) is 3.02. The second kappa shape index (κ2) is 5.59. The van der Waals surface area contributed by atoms with Gasteiger partial charge in [-0.2, -0.15) is 0 Å². The first-order chi connectivity index (χ1) is 9.60. The van der Waals surface area contributed by atoms with Crippen molar-refractivity contribution in [2.24, 2.45) is 0 Å². The van der Waals surface area contributed by atoms with E-state index in [0.29, 0.717) is 11.8 Å². The number of benzene rings is 1. The van der Waals surface area contributed by atoms with E-state index in [1.54, 1.807) is 11.3 Å². The maximum absolute atomic E-state index is 11.8. The van der Waals surface area contributed by atoms with Crippen molar-refractivity contribution in [2.75, 3.05) is 31.6 Å². The number of aromatic nitrogens is 1. The summed E-state index contributed by atoms with van der Waals surface area (Å²) in [4.78, 5) is 18.5. The van der Waals surface area contributed by atoms with Crippen LogP contribution < -0.4 is 11.1 Å². The Morgan fingerprint density at radius 3 is 3.15 bits per heavy atom. The van der Waals surface area contributed by atoms with E-state index in [0.717, 1.165) is 33.3 Å². The van der Waals surface area contributed by atoms with Gasteiger partial charge in [0, 0.05) is 18.8 Å². The van der Waals surface area contributed by atoms with Crippen molar-refractivity contribution in [3.05, 3.63) is 18.2 Å². The van der Waals surface area contributed by atoms with Gasteiger partial charge in [-0.15, -0.1) is 11.3 Å². The van der Waals surface area contributed by atoms with Crippen molar-refractivity contribution >= 4 is 44.9 Å². The van der Waals surface area contributed by atoms with Gasteiger partial charge in [-0.25, -0.2) is 4.98 Å². The second-order valence-electron chi connectivity index (χ2n) is 4.98. The van der Waals surface area contributed by atoms with Gasteiger partial charge >= 0.3 is 0 Å². The van der Waals surface area contributed by atoms with Crippen molar-refractivity contribution in [2.45, 2.75) is 10.4 Å². The van der Waals surface area contributed by atoms with E-state index in [1.165, 1.54) is 11.8 Å². The maximum atomic E-state index is 11.8. The fourth-order valence-electron chi connectivity index (χ4n) is 2.17. The molecule has 0 spiro atoms. The molecular formula is C13H16N4OS2. The summed E-state index contributed by atoms with van der Waals surface area (Å²) in [5.41, 5.74) is 7.43. The summed E-state index contributed by atoms with van der Waals surface area (Å²) in [6.45, 7) is 1.88. The third kappa shape index (κ3) is 3.05. The molecule has 1 aromatic carbocycles. The summed E-state index contributed by atoms with van der Waals surface area (Å²) in [6.07, 6.45) is 0. The fraction of sp³-hybridized carbons (Fsp3) is 0.385. The number of anilines is 1. The zero-order valence-corrected chi connectivity index (χ0v) is 12.8. The SMILES string of the molecule is CN1CC(NC(=O)CSc2nc3ccc(N)cc3s2)C1. The highest BCUT2D eigenvalue weighted by atomic mass is 32.2. The van der Waals surface area contributed by atoms with E-state index in [2.05, 4.69) is 15.2 Å². The lowest BCUT2D eigenvalue weighted by Gasteiger charge is -2.36. The molecule has 1 aliphatic heterocycles. The number of fused-ring (bicyclic) bond motifs is 1. The molecule has 3 N–H and O–H groups in total. The van der Waals surface area contributed by atoms with Crippen LogP contribution in [-0.4, -0.2) is 47.7 Å². The summed E-state index contributed by atoms with van der Waals surface area (Å²) in [7, 11) is 2.05. The van der Waals surface area contributed by atoms with Gasteiger partial charge in [0.15, 0.2) is 4.34 Å². The number of carbonyl (C=O) groups excluding carboxylic acids is 1. The first-order valence-corrected chi connectivity index (χ1v) is 8.17. The van der Waals surface area contributed by atoms with E-state index >= 15 is 0 Å². The Morgan fingerprint density at radius 2 is 2.40 bits per heavy atom. The summed E-state index contributed by atoms with van der Waals surface area (Å²) in [5.74, 6) is 0.488. The van der Waals surface area contributed by atoms with Crippen LogP contribution in [0.2, 0.25) is 0 Å². The largest absolute Gasteiger partial charge is 0.399 e.